The molecule has 1 amide bonds. The number of carbonyl (C=O) groups is 1. The van der Waals surface area contributed by atoms with E-state index in [1.54, 1.807) is 0 Å². The Balaban J connectivity index is 0.00000100. The number of hydrogen-bond acceptors (Lipinski definition) is 2. The Morgan fingerprint density at radius 2 is 1.46 bits per heavy atom. The molecule has 1 aliphatic carbocycles. The average molecular weight is 340 g/mol. The van der Waals surface area contributed by atoms with Gasteiger partial charge in [0.25, 0.3) is 0 Å². The molecule has 0 unspecified atom stereocenters. The first-order valence-electron chi connectivity index (χ1n) is 8.56. The largest absolute Gasteiger partial charge is 0.355 e. The van der Waals surface area contributed by atoms with Crippen LogP contribution in [-0.4, -0.2) is 18.2 Å². The van der Waals surface area contributed by atoms with Crippen LogP contribution in [0.5, 0.6) is 0 Å². The van der Waals surface area contributed by atoms with Gasteiger partial charge in [-0.15, -0.1) is 0 Å². The molecule has 0 bridgehead atoms. The molecule has 126 valence electrons. The van der Waals surface area contributed by atoms with Gasteiger partial charge < -0.3 is 5.32 Å². The number of rotatable bonds is 4. The molecule has 0 atom stereocenters. The Morgan fingerprint density at radius 1 is 0.958 bits per heavy atom. The summed E-state index contributed by atoms with van der Waals surface area (Å²) in [6.07, 6.45) is 5.06. The van der Waals surface area contributed by atoms with Gasteiger partial charge in [0.2, 0.25) is 5.91 Å². The minimum absolute atomic E-state index is 0.0605. The van der Waals surface area contributed by atoms with Gasteiger partial charge in [-0.25, -0.2) is 0 Å². The van der Waals surface area contributed by atoms with Gasteiger partial charge >= 0.3 is 0 Å². The molecule has 0 saturated carbocycles. The van der Waals surface area contributed by atoms with Crippen LogP contribution in [0.25, 0.3) is 12.2 Å². The Hall–Kier alpha value is -2.00. The van der Waals surface area contributed by atoms with Gasteiger partial charge in [-0.05, 0) is 34.4 Å². The van der Waals surface area contributed by atoms with E-state index in [1.807, 2.05) is 50.2 Å². The first-order chi connectivity index (χ1) is 11.8. The third-order valence-corrected chi connectivity index (χ3v) is 4.27. The van der Waals surface area contributed by atoms with Crippen LogP contribution >= 0.6 is 12.6 Å². The molecule has 1 aliphatic rings. The van der Waals surface area contributed by atoms with Crippen molar-refractivity contribution in [1.82, 2.24) is 5.32 Å². The first-order valence-corrected chi connectivity index (χ1v) is 9.19. The molecule has 0 radical (unpaired) electrons. The van der Waals surface area contributed by atoms with E-state index >= 15 is 0 Å². The molecule has 24 heavy (non-hydrogen) atoms. The standard InChI is InChI=1S/C19H19NOS.C2H6/c21-19(20-12-5-13-22)18-16-8-3-1-6-14(16)10-11-15-7-2-4-9-17(15)18;1-2/h1-4,6-11,18,22H,5,12-13H2,(H,20,21);1-2H3. The number of benzene rings is 2. The van der Waals surface area contributed by atoms with Crippen molar-refractivity contribution in [1.29, 1.82) is 0 Å². The van der Waals surface area contributed by atoms with Crippen molar-refractivity contribution in [2.45, 2.75) is 26.2 Å². The first kappa shape index (κ1) is 18.3. The van der Waals surface area contributed by atoms with Crippen LogP contribution in [-0.2, 0) is 4.79 Å². The van der Waals surface area contributed by atoms with Crippen molar-refractivity contribution in [3.8, 4) is 0 Å². The van der Waals surface area contributed by atoms with E-state index in [1.165, 1.54) is 0 Å². The van der Waals surface area contributed by atoms with E-state index < -0.39 is 0 Å². The fourth-order valence-corrected chi connectivity index (χ4v) is 3.03. The summed E-state index contributed by atoms with van der Waals surface area (Å²) in [5, 5.41) is 3.05. The van der Waals surface area contributed by atoms with Gasteiger partial charge in [-0.1, -0.05) is 74.5 Å². The van der Waals surface area contributed by atoms with Crippen LogP contribution in [0, 0.1) is 0 Å². The summed E-state index contributed by atoms with van der Waals surface area (Å²) in [7, 11) is 0. The normalized spacial score (nSPS) is 12.3. The summed E-state index contributed by atoms with van der Waals surface area (Å²) >= 11 is 4.20. The van der Waals surface area contributed by atoms with E-state index in [-0.39, 0.29) is 11.8 Å². The molecule has 2 aromatic carbocycles. The molecule has 0 fully saturated rings. The second-order valence-corrected chi connectivity index (χ2v) is 5.84. The highest BCUT2D eigenvalue weighted by Crippen LogP contribution is 2.34. The molecule has 1 N–H and O–H groups in total. The summed E-state index contributed by atoms with van der Waals surface area (Å²) in [5.41, 5.74) is 4.33. The summed E-state index contributed by atoms with van der Waals surface area (Å²) in [6.45, 7) is 4.66. The zero-order valence-corrected chi connectivity index (χ0v) is 15.2. The fraction of sp³-hybridized carbons (Fsp3) is 0.286. The molecule has 0 aliphatic heterocycles. The lowest BCUT2D eigenvalue weighted by Gasteiger charge is -2.20. The molecule has 0 aromatic heterocycles. The SMILES string of the molecule is CC.O=C(NCCCS)C1c2ccccc2C=Cc2ccccc21. The van der Waals surface area contributed by atoms with Crippen molar-refractivity contribution in [2.75, 3.05) is 12.3 Å². The predicted molar refractivity (Wildman–Crippen MR) is 106 cm³/mol. The highest BCUT2D eigenvalue weighted by atomic mass is 32.1. The van der Waals surface area contributed by atoms with Crippen molar-refractivity contribution in [3.05, 3.63) is 70.8 Å². The van der Waals surface area contributed by atoms with Crippen molar-refractivity contribution >= 4 is 30.7 Å². The van der Waals surface area contributed by atoms with Gasteiger partial charge in [0.15, 0.2) is 0 Å². The summed E-state index contributed by atoms with van der Waals surface area (Å²) in [5.74, 6) is 0.576. The average Bonchev–Trinajstić information content (AvgIpc) is 2.80. The number of fused-ring (bicyclic) bond motifs is 2. The molecule has 0 heterocycles. The van der Waals surface area contributed by atoms with Gasteiger partial charge in [0.05, 0.1) is 5.92 Å². The highest BCUT2D eigenvalue weighted by Gasteiger charge is 2.27. The van der Waals surface area contributed by atoms with Crippen LogP contribution in [0.1, 0.15) is 48.4 Å². The monoisotopic (exact) mass is 339 g/mol. The van der Waals surface area contributed by atoms with Gasteiger partial charge in [0, 0.05) is 6.54 Å². The van der Waals surface area contributed by atoms with E-state index in [2.05, 4.69) is 42.2 Å². The Labute approximate surface area is 150 Å². The Bertz CT molecular complexity index is 659. The van der Waals surface area contributed by atoms with E-state index in [9.17, 15) is 4.79 Å². The second-order valence-electron chi connectivity index (χ2n) is 5.39. The van der Waals surface area contributed by atoms with Crippen LogP contribution in [0.2, 0.25) is 0 Å². The van der Waals surface area contributed by atoms with Gasteiger partial charge in [-0.3, -0.25) is 4.79 Å². The highest BCUT2D eigenvalue weighted by molar-refractivity contribution is 7.80. The third kappa shape index (κ3) is 4.09. The maximum absolute atomic E-state index is 12.8. The van der Waals surface area contributed by atoms with Crippen LogP contribution < -0.4 is 5.32 Å². The maximum Gasteiger partial charge on any atom is 0.232 e. The van der Waals surface area contributed by atoms with Gasteiger partial charge in [0.1, 0.15) is 0 Å². The van der Waals surface area contributed by atoms with Gasteiger partial charge in [-0.2, -0.15) is 12.6 Å². The lowest BCUT2D eigenvalue weighted by molar-refractivity contribution is -0.121. The van der Waals surface area contributed by atoms with Crippen molar-refractivity contribution < 1.29 is 4.79 Å². The molecular formula is C21H25NOS. The maximum atomic E-state index is 12.8. The zero-order chi connectivity index (χ0) is 17.4. The molecule has 3 heteroatoms. The van der Waals surface area contributed by atoms with E-state index in [4.69, 9.17) is 0 Å². The van der Waals surface area contributed by atoms with Crippen LogP contribution in [0.15, 0.2) is 48.5 Å². The smallest absolute Gasteiger partial charge is 0.232 e. The van der Waals surface area contributed by atoms with E-state index in [0.717, 1.165) is 34.4 Å². The lowest BCUT2D eigenvalue weighted by Crippen LogP contribution is -2.31. The quantitative estimate of drug-likeness (QED) is 0.610. The molecular weight excluding hydrogens is 314 g/mol. The van der Waals surface area contributed by atoms with Crippen LogP contribution in [0.4, 0.5) is 0 Å². The Kier molecular flexibility index (Phi) is 7.13. The molecule has 3 rings (SSSR count). The summed E-state index contributed by atoms with van der Waals surface area (Å²) in [4.78, 5) is 12.8. The minimum atomic E-state index is -0.262. The fourth-order valence-electron chi connectivity index (χ4n) is 2.87. The minimum Gasteiger partial charge on any atom is -0.355 e. The van der Waals surface area contributed by atoms with Crippen molar-refractivity contribution in [3.63, 3.8) is 0 Å². The third-order valence-electron chi connectivity index (χ3n) is 3.95. The number of thiol groups is 1. The number of nitrogens with one attached hydrogen (secondary N) is 1. The second kappa shape index (κ2) is 9.33. The molecule has 0 saturated heterocycles. The van der Waals surface area contributed by atoms with Crippen molar-refractivity contribution in [2.24, 2.45) is 0 Å². The summed E-state index contributed by atoms with van der Waals surface area (Å²) in [6, 6.07) is 16.2. The summed E-state index contributed by atoms with van der Waals surface area (Å²) < 4.78 is 0. The number of amides is 1. The Morgan fingerprint density at radius 3 is 1.96 bits per heavy atom. The topological polar surface area (TPSA) is 29.1 Å². The molecule has 2 aromatic rings. The number of carbonyl (C=O) groups excluding carboxylic acids is 1. The lowest BCUT2D eigenvalue weighted by atomic mass is 9.87. The van der Waals surface area contributed by atoms with Crippen LogP contribution in [0.3, 0.4) is 0 Å². The molecule has 2 nitrogen and oxygen atoms in total. The van der Waals surface area contributed by atoms with E-state index in [0.29, 0.717) is 6.54 Å². The number of hydrogen-bond donors (Lipinski definition) is 2. The zero-order valence-electron chi connectivity index (χ0n) is 14.3. The molecule has 0 spiro atoms. The predicted octanol–water partition coefficient (Wildman–Crippen LogP) is 4.76.